The SMILES string of the molecule is C=[C]c1ccccc1OC. The molecule has 1 aromatic carbocycles. The highest BCUT2D eigenvalue weighted by Crippen LogP contribution is 2.15. The maximum Gasteiger partial charge on any atom is 0.126 e. The first-order chi connectivity index (χ1) is 4.88. The van der Waals surface area contributed by atoms with Gasteiger partial charge < -0.3 is 4.74 Å². The standard InChI is InChI=1S/C9H9O/c1-3-8-6-4-5-7-9(8)10-2/h4-7H,1H2,2H3. The zero-order valence-electron chi connectivity index (χ0n) is 5.92. The monoisotopic (exact) mass is 133 g/mol. The Bertz CT molecular complexity index is 228. The highest BCUT2D eigenvalue weighted by Gasteiger charge is 1.93. The quantitative estimate of drug-likeness (QED) is 0.599. The van der Waals surface area contributed by atoms with E-state index in [2.05, 4.69) is 12.7 Å². The summed E-state index contributed by atoms with van der Waals surface area (Å²) in [6, 6.07) is 7.63. The summed E-state index contributed by atoms with van der Waals surface area (Å²) in [6.45, 7) is 3.53. The van der Waals surface area contributed by atoms with Gasteiger partial charge >= 0.3 is 0 Å². The molecule has 0 aliphatic carbocycles. The second-order valence-electron chi connectivity index (χ2n) is 1.88. The maximum absolute atomic E-state index is 5.03. The summed E-state index contributed by atoms with van der Waals surface area (Å²) in [4.78, 5) is 0. The Kier molecular flexibility index (Phi) is 2.11. The van der Waals surface area contributed by atoms with Gasteiger partial charge in [0.25, 0.3) is 0 Å². The van der Waals surface area contributed by atoms with E-state index in [0.717, 1.165) is 11.3 Å². The van der Waals surface area contributed by atoms with Crippen molar-refractivity contribution in [3.05, 3.63) is 42.5 Å². The summed E-state index contributed by atoms with van der Waals surface area (Å²) in [6.07, 6.45) is 2.77. The van der Waals surface area contributed by atoms with E-state index in [1.165, 1.54) is 0 Å². The average molecular weight is 133 g/mol. The molecule has 1 nitrogen and oxygen atoms in total. The summed E-state index contributed by atoms with van der Waals surface area (Å²) in [7, 11) is 1.64. The Morgan fingerprint density at radius 3 is 2.60 bits per heavy atom. The van der Waals surface area contributed by atoms with Crippen LogP contribution in [0, 0.1) is 6.08 Å². The minimum atomic E-state index is 0.817. The van der Waals surface area contributed by atoms with Crippen LogP contribution < -0.4 is 4.74 Å². The molecule has 10 heavy (non-hydrogen) atoms. The molecular formula is C9H9O. The molecule has 0 bridgehead atoms. The van der Waals surface area contributed by atoms with Gasteiger partial charge in [-0.3, -0.25) is 0 Å². The first-order valence-corrected chi connectivity index (χ1v) is 3.04. The fraction of sp³-hybridized carbons (Fsp3) is 0.111. The van der Waals surface area contributed by atoms with Crippen molar-refractivity contribution >= 4 is 0 Å². The molecule has 1 heteroatoms. The van der Waals surface area contributed by atoms with Gasteiger partial charge in [-0.1, -0.05) is 24.8 Å². The first-order valence-electron chi connectivity index (χ1n) is 3.04. The predicted octanol–water partition coefficient (Wildman–Crippen LogP) is 2.03. The summed E-state index contributed by atoms with van der Waals surface area (Å²) in [5.41, 5.74) is 0.907. The number of rotatable bonds is 2. The van der Waals surface area contributed by atoms with Crippen LogP contribution in [0.2, 0.25) is 0 Å². The van der Waals surface area contributed by atoms with Crippen molar-refractivity contribution in [2.24, 2.45) is 0 Å². The van der Waals surface area contributed by atoms with Gasteiger partial charge in [0.2, 0.25) is 0 Å². The van der Waals surface area contributed by atoms with Crippen molar-refractivity contribution in [1.29, 1.82) is 0 Å². The average Bonchev–Trinajstić information content (AvgIpc) is 2.04. The van der Waals surface area contributed by atoms with Crippen molar-refractivity contribution in [1.82, 2.24) is 0 Å². The minimum Gasteiger partial charge on any atom is -0.496 e. The fourth-order valence-electron chi connectivity index (χ4n) is 0.791. The zero-order valence-corrected chi connectivity index (χ0v) is 5.92. The number of methoxy groups -OCH3 is 1. The second-order valence-corrected chi connectivity index (χ2v) is 1.88. The van der Waals surface area contributed by atoms with Crippen LogP contribution in [0.25, 0.3) is 0 Å². The van der Waals surface area contributed by atoms with Crippen molar-refractivity contribution in [3.8, 4) is 5.75 Å². The highest BCUT2D eigenvalue weighted by molar-refractivity contribution is 5.36. The maximum atomic E-state index is 5.03. The van der Waals surface area contributed by atoms with Crippen LogP contribution in [-0.4, -0.2) is 7.11 Å². The van der Waals surface area contributed by atoms with E-state index >= 15 is 0 Å². The molecule has 1 aromatic rings. The molecule has 0 fully saturated rings. The van der Waals surface area contributed by atoms with Crippen molar-refractivity contribution in [3.63, 3.8) is 0 Å². The lowest BCUT2D eigenvalue weighted by Gasteiger charge is -2.01. The van der Waals surface area contributed by atoms with Crippen LogP contribution >= 0.6 is 0 Å². The van der Waals surface area contributed by atoms with Gasteiger partial charge in [0, 0.05) is 5.56 Å². The Morgan fingerprint density at radius 1 is 1.40 bits per heavy atom. The Balaban J connectivity index is 3.08. The molecule has 0 amide bonds. The molecule has 0 unspecified atom stereocenters. The number of benzene rings is 1. The van der Waals surface area contributed by atoms with E-state index in [1.54, 1.807) is 7.11 Å². The molecule has 1 rings (SSSR count). The van der Waals surface area contributed by atoms with Crippen LogP contribution in [0.15, 0.2) is 30.8 Å². The van der Waals surface area contributed by atoms with E-state index < -0.39 is 0 Å². The fourth-order valence-corrected chi connectivity index (χ4v) is 0.791. The molecular weight excluding hydrogens is 124 g/mol. The summed E-state index contributed by atoms with van der Waals surface area (Å²) >= 11 is 0. The van der Waals surface area contributed by atoms with Crippen LogP contribution in [0.3, 0.4) is 0 Å². The molecule has 0 N–H and O–H groups in total. The third-order valence-corrected chi connectivity index (χ3v) is 1.30. The van der Waals surface area contributed by atoms with E-state index in [0.29, 0.717) is 0 Å². The van der Waals surface area contributed by atoms with Gasteiger partial charge in [-0.05, 0) is 12.1 Å². The molecule has 0 aliphatic rings. The summed E-state index contributed by atoms with van der Waals surface area (Å²) in [5.74, 6) is 0.817. The third kappa shape index (κ3) is 1.18. The Hall–Kier alpha value is -1.24. The van der Waals surface area contributed by atoms with E-state index in [9.17, 15) is 0 Å². The summed E-state index contributed by atoms with van der Waals surface area (Å²) < 4.78 is 5.03. The van der Waals surface area contributed by atoms with Crippen LogP contribution in [0.1, 0.15) is 5.56 Å². The van der Waals surface area contributed by atoms with E-state index in [1.807, 2.05) is 24.3 Å². The lowest BCUT2D eigenvalue weighted by Crippen LogP contribution is -1.85. The lowest BCUT2D eigenvalue weighted by molar-refractivity contribution is 0.413. The number of ether oxygens (including phenoxy) is 1. The number of hydrogen-bond donors (Lipinski definition) is 0. The first kappa shape index (κ1) is 6.87. The molecule has 0 spiro atoms. The Morgan fingerprint density at radius 2 is 2.10 bits per heavy atom. The van der Waals surface area contributed by atoms with Crippen molar-refractivity contribution in [2.75, 3.05) is 7.11 Å². The third-order valence-electron chi connectivity index (χ3n) is 1.30. The molecule has 0 aromatic heterocycles. The smallest absolute Gasteiger partial charge is 0.126 e. The highest BCUT2D eigenvalue weighted by atomic mass is 16.5. The normalized spacial score (nSPS) is 8.90. The van der Waals surface area contributed by atoms with Crippen molar-refractivity contribution in [2.45, 2.75) is 0 Å². The Labute approximate surface area is 61.0 Å². The molecule has 0 aliphatic heterocycles. The predicted molar refractivity (Wildman–Crippen MR) is 41.0 cm³/mol. The van der Waals surface area contributed by atoms with E-state index in [-0.39, 0.29) is 0 Å². The van der Waals surface area contributed by atoms with Gasteiger partial charge in [-0.25, -0.2) is 0 Å². The molecule has 0 heterocycles. The van der Waals surface area contributed by atoms with Gasteiger partial charge in [0.15, 0.2) is 0 Å². The van der Waals surface area contributed by atoms with Gasteiger partial charge in [0.1, 0.15) is 5.75 Å². The van der Waals surface area contributed by atoms with Crippen LogP contribution in [0.4, 0.5) is 0 Å². The van der Waals surface area contributed by atoms with Gasteiger partial charge in [-0.15, -0.1) is 0 Å². The molecule has 0 atom stereocenters. The molecule has 1 radical (unpaired) electrons. The second kappa shape index (κ2) is 3.06. The van der Waals surface area contributed by atoms with Crippen molar-refractivity contribution < 1.29 is 4.74 Å². The molecule has 51 valence electrons. The van der Waals surface area contributed by atoms with Crippen LogP contribution in [0.5, 0.6) is 5.75 Å². The topological polar surface area (TPSA) is 9.23 Å². The summed E-state index contributed by atoms with van der Waals surface area (Å²) in [5, 5.41) is 0. The largest absolute Gasteiger partial charge is 0.496 e. The van der Waals surface area contributed by atoms with Crippen LogP contribution in [-0.2, 0) is 0 Å². The number of para-hydroxylation sites is 1. The number of hydrogen-bond acceptors (Lipinski definition) is 1. The lowest BCUT2D eigenvalue weighted by atomic mass is 10.2. The minimum absolute atomic E-state index is 0.817. The van der Waals surface area contributed by atoms with E-state index in [4.69, 9.17) is 4.74 Å². The van der Waals surface area contributed by atoms with Gasteiger partial charge in [-0.2, -0.15) is 0 Å². The zero-order chi connectivity index (χ0) is 7.40. The molecule has 0 saturated heterocycles. The van der Waals surface area contributed by atoms with Gasteiger partial charge in [0.05, 0.1) is 7.11 Å². The molecule has 0 saturated carbocycles.